The largest absolute Gasteiger partial charge is 0.459 e. The first-order chi connectivity index (χ1) is 15.5. The Labute approximate surface area is 199 Å². The van der Waals surface area contributed by atoms with Gasteiger partial charge in [0.15, 0.2) is 5.11 Å². The van der Waals surface area contributed by atoms with E-state index in [2.05, 4.69) is 26.2 Å². The van der Waals surface area contributed by atoms with Crippen LogP contribution in [0.5, 0.6) is 0 Å². The lowest BCUT2D eigenvalue weighted by Crippen LogP contribution is -2.30. The van der Waals surface area contributed by atoms with Gasteiger partial charge in [-0.1, -0.05) is 40.2 Å². The molecule has 3 heterocycles. The van der Waals surface area contributed by atoms with Crippen LogP contribution in [0, 0.1) is 12.7 Å². The fourth-order valence-electron chi connectivity index (χ4n) is 4.03. The fraction of sp³-hybridized carbons (Fsp3) is 0.120. The molecule has 0 amide bonds. The molecule has 0 spiro atoms. The Morgan fingerprint density at radius 2 is 1.88 bits per heavy atom. The van der Waals surface area contributed by atoms with E-state index >= 15 is 0 Å². The van der Waals surface area contributed by atoms with E-state index < -0.39 is 6.04 Å². The fourth-order valence-corrected chi connectivity index (χ4v) is 5.05. The topological polar surface area (TPSA) is 41.3 Å². The van der Waals surface area contributed by atoms with E-state index in [1.165, 1.54) is 6.07 Å². The Hall–Kier alpha value is -3.03. The van der Waals surface area contributed by atoms with Gasteiger partial charge in [0, 0.05) is 16.2 Å². The summed E-state index contributed by atoms with van der Waals surface area (Å²) >= 11 is 9.27. The Morgan fingerprint density at radius 3 is 2.62 bits per heavy atom. The van der Waals surface area contributed by atoms with Gasteiger partial charge >= 0.3 is 0 Å². The molecule has 0 bridgehead atoms. The molecule has 2 aromatic heterocycles. The van der Waals surface area contributed by atoms with Crippen molar-refractivity contribution in [3.63, 3.8) is 0 Å². The zero-order chi connectivity index (χ0) is 22.2. The summed E-state index contributed by atoms with van der Waals surface area (Å²) < 4.78 is 22.1. The highest BCUT2D eigenvalue weighted by Gasteiger charge is 2.43. The molecule has 1 aliphatic rings. The predicted molar refractivity (Wildman–Crippen MR) is 131 cm³/mol. The number of aryl methyl sites for hydroxylation is 1. The van der Waals surface area contributed by atoms with Gasteiger partial charge in [0.1, 0.15) is 23.4 Å². The number of nitrogens with zero attached hydrogens (tertiary/aromatic N) is 2. The number of rotatable bonds is 4. The zero-order valence-corrected chi connectivity index (χ0v) is 19.5. The Morgan fingerprint density at radius 1 is 1.06 bits per heavy atom. The normalized spacial score (nSPS) is 18.1. The monoisotopic (exact) mass is 507 g/mol. The molecule has 7 heteroatoms. The predicted octanol–water partition coefficient (Wildman–Crippen LogP) is 6.73. The molecule has 0 aliphatic carbocycles. The molecule has 160 valence electrons. The maximum absolute atomic E-state index is 14.8. The highest BCUT2D eigenvalue weighted by molar-refractivity contribution is 9.10. The van der Waals surface area contributed by atoms with Gasteiger partial charge in [0.05, 0.1) is 17.4 Å². The molecular formula is C25H19BrFN3OS. The van der Waals surface area contributed by atoms with E-state index in [1.54, 1.807) is 29.3 Å². The van der Waals surface area contributed by atoms with E-state index in [-0.39, 0.29) is 11.9 Å². The minimum absolute atomic E-state index is 0.302. The molecule has 1 N–H and O–H groups in total. The van der Waals surface area contributed by atoms with Crippen LogP contribution in [0.15, 0.2) is 87.9 Å². The number of furan rings is 1. The molecule has 1 fully saturated rings. The van der Waals surface area contributed by atoms with Crippen LogP contribution in [0.25, 0.3) is 11.3 Å². The van der Waals surface area contributed by atoms with E-state index in [0.717, 1.165) is 27.1 Å². The molecule has 4 nitrogen and oxygen atoms in total. The second-order valence-electron chi connectivity index (χ2n) is 7.63. The lowest BCUT2D eigenvalue weighted by Gasteiger charge is -2.26. The molecule has 1 saturated heterocycles. The first-order valence-corrected chi connectivity index (χ1v) is 11.3. The molecule has 4 aromatic rings. The summed E-state index contributed by atoms with van der Waals surface area (Å²) in [7, 11) is 0. The van der Waals surface area contributed by atoms with Crippen molar-refractivity contribution in [1.29, 1.82) is 0 Å². The van der Waals surface area contributed by atoms with Gasteiger partial charge in [0.2, 0.25) is 0 Å². The maximum Gasteiger partial charge on any atom is 0.174 e. The smallest absolute Gasteiger partial charge is 0.174 e. The average molecular weight is 508 g/mol. The van der Waals surface area contributed by atoms with Crippen LogP contribution >= 0.6 is 28.1 Å². The SMILES string of the molecule is Cc1ccc(-c2ccc([C@H]3[C@H](c4ccccn4)NC(=S)N3c3ccccc3F)o2)c(Br)c1. The number of para-hydroxylation sites is 1. The summed E-state index contributed by atoms with van der Waals surface area (Å²) in [6, 6.07) is 21.6. The number of benzene rings is 2. The Balaban J connectivity index is 1.62. The third-order valence-electron chi connectivity index (χ3n) is 5.52. The molecule has 0 radical (unpaired) electrons. The number of hydrogen-bond acceptors (Lipinski definition) is 3. The van der Waals surface area contributed by atoms with Crippen LogP contribution in [0.3, 0.4) is 0 Å². The van der Waals surface area contributed by atoms with Gasteiger partial charge in [0.25, 0.3) is 0 Å². The van der Waals surface area contributed by atoms with Gasteiger partial charge < -0.3 is 14.6 Å². The Kier molecular flexibility index (Phi) is 5.53. The third-order valence-corrected chi connectivity index (χ3v) is 6.49. The molecule has 0 saturated carbocycles. The zero-order valence-electron chi connectivity index (χ0n) is 17.1. The van der Waals surface area contributed by atoms with Gasteiger partial charge in [-0.2, -0.15) is 0 Å². The van der Waals surface area contributed by atoms with Gasteiger partial charge in [-0.3, -0.25) is 4.98 Å². The van der Waals surface area contributed by atoms with Crippen LogP contribution in [0.1, 0.15) is 29.1 Å². The van der Waals surface area contributed by atoms with Crippen molar-refractivity contribution >= 4 is 38.9 Å². The van der Waals surface area contributed by atoms with E-state index in [4.69, 9.17) is 16.6 Å². The summed E-state index contributed by atoms with van der Waals surface area (Å²) in [5.74, 6) is 1.04. The molecular weight excluding hydrogens is 489 g/mol. The number of thiocarbonyl (C=S) groups is 1. The Bertz CT molecular complexity index is 1290. The second kappa shape index (κ2) is 8.48. The quantitative estimate of drug-likeness (QED) is 0.310. The van der Waals surface area contributed by atoms with Gasteiger partial charge in [-0.25, -0.2) is 4.39 Å². The number of nitrogens with one attached hydrogen (secondary N) is 1. The maximum atomic E-state index is 14.8. The van der Waals surface area contributed by atoms with Crippen molar-refractivity contribution in [2.24, 2.45) is 0 Å². The molecule has 5 rings (SSSR count). The highest BCUT2D eigenvalue weighted by Crippen LogP contribution is 2.44. The van der Waals surface area contributed by atoms with Crippen LogP contribution in [0.2, 0.25) is 0 Å². The van der Waals surface area contributed by atoms with Crippen molar-refractivity contribution in [1.82, 2.24) is 10.3 Å². The van der Waals surface area contributed by atoms with Gasteiger partial charge in [-0.15, -0.1) is 0 Å². The minimum Gasteiger partial charge on any atom is -0.459 e. The first kappa shape index (κ1) is 20.8. The number of aromatic nitrogens is 1. The van der Waals surface area contributed by atoms with Gasteiger partial charge in [-0.05, 0) is 73.2 Å². The standard InChI is InChI=1S/C25H19BrFN3OS/c1-15-9-10-16(17(26)14-15)21-11-12-22(31-21)24-23(19-7-4-5-13-28-19)29-25(32)30(24)20-8-3-2-6-18(20)27/h2-14,23-24H,1H3,(H,29,32)/t23-,24-/m0/s1. The molecule has 32 heavy (non-hydrogen) atoms. The number of pyridine rings is 1. The highest BCUT2D eigenvalue weighted by atomic mass is 79.9. The summed E-state index contributed by atoms with van der Waals surface area (Å²) in [6.07, 6.45) is 1.74. The summed E-state index contributed by atoms with van der Waals surface area (Å²) in [6.45, 7) is 2.04. The molecule has 2 aromatic carbocycles. The summed E-state index contributed by atoms with van der Waals surface area (Å²) in [5, 5.41) is 3.74. The van der Waals surface area contributed by atoms with Crippen LogP contribution in [-0.4, -0.2) is 10.1 Å². The first-order valence-electron chi connectivity index (χ1n) is 10.1. The van der Waals surface area contributed by atoms with Crippen LogP contribution in [0.4, 0.5) is 10.1 Å². The number of halogens is 2. The number of hydrogen-bond donors (Lipinski definition) is 1. The van der Waals surface area contributed by atoms with Crippen molar-refractivity contribution in [3.8, 4) is 11.3 Å². The van der Waals surface area contributed by atoms with Crippen LogP contribution < -0.4 is 10.2 Å². The van der Waals surface area contributed by atoms with Crippen molar-refractivity contribution in [3.05, 3.63) is 106 Å². The number of anilines is 1. The molecule has 2 atom stereocenters. The lowest BCUT2D eigenvalue weighted by molar-refractivity contribution is 0.437. The third kappa shape index (κ3) is 3.72. The minimum atomic E-state index is -0.410. The van der Waals surface area contributed by atoms with E-state index in [0.29, 0.717) is 16.6 Å². The van der Waals surface area contributed by atoms with Crippen molar-refractivity contribution in [2.45, 2.75) is 19.0 Å². The average Bonchev–Trinajstić information content (AvgIpc) is 3.39. The molecule has 1 aliphatic heterocycles. The van der Waals surface area contributed by atoms with Crippen molar-refractivity contribution < 1.29 is 8.81 Å². The van der Waals surface area contributed by atoms with E-state index in [9.17, 15) is 4.39 Å². The lowest BCUT2D eigenvalue weighted by atomic mass is 10.0. The molecule has 0 unspecified atom stereocenters. The summed E-state index contributed by atoms with van der Waals surface area (Å²) in [4.78, 5) is 6.29. The van der Waals surface area contributed by atoms with Crippen molar-refractivity contribution in [2.75, 3.05) is 4.90 Å². The summed E-state index contributed by atoms with van der Waals surface area (Å²) in [5.41, 5.74) is 3.29. The van der Waals surface area contributed by atoms with E-state index in [1.807, 2.05) is 55.5 Å². The second-order valence-corrected chi connectivity index (χ2v) is 8.87. The van der Waals surface area contributed by atoms with Crippen LogP contribution in [-0.2, 0) is 0 Å².